The third kappa shape index (κ3) is 50.2. The Morgan fingerprint density at radius 3 is 0.968 bits per heavy atom. The third-order valence-corrected chi connectivity index (χ3v) is 11.8. The number of hydrogen-bond donors (Lipinski definition) is 0. The van der Waals surface area contributed by atoms with Crippen LogP contribution in [0.25, 0.3) is 0 Å². The normalized spacial score (nSPS) is 12.4. The lowest BCUT2D eigenvalue weighted by Gasteiger charge is -2.18. The second kappa shape index (κ2) is 52.0. The van der Waals surface area contributed by atoms with E-state index in [9.17, 15) is 14.4 Å². The van der Waals surface area contributed by atoms with Crippen LogP contribution in [0.5, 0.6) is 0 Å². The van der Waals surface area contributed by atoms with Crippen LogP contribution in [0.15, 0.2) is 48.6 Å². The zero-order valence-electron chi connectivity index (χ0n) is 41.8. The predicted octanol–water partition coefficient (Wildman–Crippen LogP) is 17.9. The minimum absolute atomic E-state index is 0.0859. The topological polar surface area (TPSA) is 78.9 Å². The molecule has 1 unspecified atom stereocenters. The number of unbranched alkanes of at least 4 members (excludes halogenated alkanes) is 30. The monoisotopic (exact) mass is 883 g/mol. The Kier molecular flexibility index (Phi) is 49.8. The number of carbonyl (C=O) groups is 3. The van der Waals surface area contributed by atoms with Crippen molar-refractivity contribution in [2.75, 3.05) is 13.2 Å². The summed E-state index contributed by atoms with van der Waals surface area (Å²) in [4.78, 5) is 38.0. The molecule has 0 spiro atoms. The van der Waals surface area contributed by atoms with Crippen molar-refractivity contribution in [3.8, 4) is 0 Å². The van der Waals surface area contributed by atoms with Crippen LogP contribution in [0.3, 0.4) is 0 Å². The highest BCUT2D eigenvalue weighted by molar-refractivity contribution is 5.71. The zero-order chi connectivity index (χ0) is 45.8. The first-order valence-electron chi connectivity index (χ1n) is 27.1. The van der Waals surface area contributed by atoms with Crippen molar-refractivity contribution in [2.45, 2.75) is 284 Å². The molecular formula is C57H102O6. The Bertz CT molecular complexity index is 1110. The quantitative estimate of drug-likeness (QED) is 0.0262. The number of allylic oxidation sites excluding steroid dienone is 8. The Morgan fingerprint density at radius 2 is 0.619 bits per heavy atom. The second-order valence-corrected chi connectivity index (χ2v) is 18.1. The minimum Gasteiger partial charge on any atom is -0.462 e. The molecule has 6 heteroatoms. The van der Waals surface area contributed by atoms with Gasteiger partial charge in [-0.1, -0.05) is 249 Å². The maximum atomic E-state index is 12.8. The fourth-order valence-electron chi connectivity index (χ4n) is 7.79. The van der Waals surface area contributed by atoms with Gasteiger partial charge in [0, 0.05) is 19.3 Å². The Hall–Kier alpha value is -2.63. The van der Waals surface area contributed by atoms with E-state index in [0.29, 0.717) is 19.3 Å². The van der Waals surface area contributed by atoms with Gasteiger partial charge in [0.25, 0.3) is 0 Å². The van der Waals surface area contributed by atoms with E-state index in [0.717, 1.165) is 77.0 Å². The summed E-state index contributed by atoms with van der Waals surface area (Å²) in [5.41, 5.74) is 0. The van der Waals surface area contributed by atoms with Gasteiger partial charge in [-0.3, -0.25) is 14.4 Å². The first kappa shape index (κ1) is 60.4. The fourth-order valence-corrected chi connectivity index (χ4v) is 7.79. The number of hydrogen-bond acceptors (Lipinski definition) is 6. The summed E-state index contributed by atoms with van der Waals surface area (Å²) in [5.74, 6) is -0.916. The van der Waals surface area contributed by atoms with Crippen LogP contribution in [-0.4, -0.2) is 37.2 Å². The number of esters is 3. The molecule has 6 nitrogen and oxygen atoms in total. The summed E-state index contributed by atoms with van der Waals surface area (Å²) < 4.78 is 16.8. The fraction of sp³-hybridized carbons (Fsp3) is 0.807. The third-order valence-electron chi connectivity index (χ3n) is 11.8. The highest BCUT2D eigenvalue weighted by Crippen LogP contribution is 2.16. The first-order valence-corrected chi connectivity index (χ1v) is 27.1. The van der Waals surface area contributed by atoms with E-state index in [1.165, 1.54) is 154 Å². The first-order chi connectivity index (χ1) is 31.0. The lowest BCUT2D eigenvalue weighted by Crippen LogP contribution is -2.30. The Balaban J connectivity index is 4.37. The smallest absolute Gasteiger partial charge is 0.306 e. The molecule has 0 N–H and O–H groups in total. The molecule has 0 aromatic carbocycles. The van der Waals surface area contributed by atoms with Crippen LogP contribution in [0.1, 0.15) is 278 Å². The molecule has 0 aromatic heterocycles. The van der Waals surface area contributed by atoms with Crippen molar-refractivity contribution in [1.29, 1.82) is 0 Å². The van der Waals surface area contributed by atoms with Crippen molar-refractivity contribution >= 4 is 17.9 Å². The largest absolute Gasteiger partial charge is 0.462 e. The lowest BCUT2D eigenvalue weighted by atomic mass is 10.0. The molecule has 1 atom stereocenters. The molecule has 0 rings (SSSR count). The molecule has 0 radical (unpaired) electrons. The molecule has 0 aliphatic rings. The van der Waals surface area contributed by atoms with E-state index in [1.807, 2.05) is 0 Å². The number of carbonyl (C=O) groups excluding carboxylic acids is 3. The molecule has 0 aromatic rings. The van der Waals surface area contributed by atoms with E-state index < -0.39 is 6.10 Å². The molecule has 0 fully saturated rings. The summed E-state index contributed by atoms with van der Waals surface area (Å²) in [7, 11) is 0. The molecule has 0 bridgehead atoms. The van der Waals surface area contributed by atoms with E-state index in [4.69, 9.17) is 14.2 Å². The molecular weight excluding hydrogens is 781 g/mol. The molecule has 0 saturated carbocycles. The minimum atomic E-state index is -0.790. The standard InChI is InChI=1S/C57H102O6/c1-4-7-10-13-16-19-22-25-27-28-29-31-32-35-38-41-44-47-50-56(59)62-53-54(52-61-55(58)49-46-43-40-37-34-24-21-18-15-12-9-6-3)63-57(60)51-48-45-42-39-36-33-30-26-23-20-17-14-11-8-5-2/h8,11,17,20,26,30,36,39,54H,4-7,9-10,12-16,18-19,21-25,27-29,31-35,37-38,40-53H2,1-3H3/b11-8-,20-17-,30-26-,39-36-. The van der Waals surface area contributed by atoms with Crippen LogP contribution in [0.4, 0.5) is 0 Å². The SMILES string of the molecule is CC/C=C\C/C=C\C/C=C\C/C=C\CCCCC(=O)OC(COC(=O)CCCCCCCCCCCCCC)COC(=O)CCCCCCCCCCCCCCCCCCCC. The van der Waals surface area contributed by atoms with Gasteiger partial charge in [-0.25, -0.2) is 0 Å². The average molecular weight is 883 g/mol. The Labute approximate surface area is 390 Å². The number of rotatable bonds is 49. The molecule has 0 saturated heterocycles. The average Bonchev–Trinajstić information content (AvgIpc) is 3.28. The molecule has 0 aliphatic heterocycles. The highest BCUT2D eigenvalue weighted by atomic mass is 16.6. The lowest BCUT2D eigenvalue weighted by molar-refractivity contribution is -0.167. The predicted molar refractivity (Wildman–Crippen MR) is 270 cm³/mol. The van der Waals surface area contributed by atoms with E-state index >= 15 is 0 Å². The summed E-state index contributed by atoms with van der Waals surface area (Å²) in [6, 6.07) is 0. The summed E-state index contributed by atoms with van der Waals surface area (Å²) in [6.45, 7) is 6.51. The van der Waals surface area contributed by atoms with Gasteiger partial charge in [0.1, 0.15) is 13.2 Å². The van der Waals surface area contributed by atoms with Gasteiger partial charge < -0.3 is 14.2 Å². The van der Waals surface area contributed by atoms with E-state index in [1.54, 1.807) is 0 Å². The van der Waals surface area contributed by atoms with Crippen molar-refractivity contribution in [1.82, 2.24) is 0 Å². The number of ether oxygens (including phenoxy) is 3. The van der Waals surface area contributed by atoms with Gasteiger partial charge in [0.2, 0.25) is 0 Å². The molecule has 0 aliphatic carbocycles. The molecule has 366 valence electrons. The van der Waals surface area contributed by atoms with Gasteiger partial charge >= 0.3 is 17.9 Å². The summed E-state index contributed by atoms with van der Waals surface area (Å²) >= 11 is 0. The second-order valence-electron chi connectivity index (χ2n) is 18.1. The van der Waals surface area contributed by atoms with Gasteiger partial charge in [-0.15, -0.1) is 0 Å². The van der Waals surface area contributed by atoms with Crippen LogP contribution < -0.4 is 0 Å². The zero-order valence-corrected chi connectivity index (χ0v) is 41.8. The maximum absolute atomic E-state index is 12.8. The van der Waals surface area contributed by atoms with Gasteiger partial charge in [-0.2, -0.15) is 0 Å². The van der Waals surface area contributed by atoms with Crippen molar-refractivity contribution in [3.05, 3.63) is 48.6 Å². The van der Waals surface area contributed by atoms with Crippen molar-refractivity contribution in [3.63, 3.8) is 0 Å². The van der Waals surface area contributed by atoms with Crippen LogP contribution >= 0.6 is 0 Å². The van der Waals surface area contributed by atoms with Crippen LogP contribution in [0, 0.1) is 0 Å². The van der Waals surface area contributed by atoms with Crippen LogP contribution in [-0.2, 0) is 28.6 Å². The van der Waals surface area contributed by atoms with Gasteiger partial charge in [0.15, 0.2) is 6.10 Å². The van der Waals surface area contributed by atoms with E-state index in [-0.39, 0.29) is 37.5 Å². The molecule has 63 heavy (non-hydrogen) atoms. The van der Waals surface area contributed by atoms with Gasteiger partial charge in [-0.05, 0) is 57.8 Å². The van der Waals surface area contributed by atoms with Crippen LogP contribution in [0.2, 0.25) is 0 Å². The van der Waals surface area contributed by atoms with Gasteiger partial charge in [0.05, 0.1) is 0 Å². The van der Waals surface area contributed by atoms with Crippen molar-refractivity contribution < 1.29 is 28.6 Å². The molecule has 0 heterocycles. The Morgan fingerprint density at radius 1 is 0.333 bits per heavy atom. The molecule has 0 amide bonds. The van der Waals surface area contributed by atoms with Crippen molar-refractivity contribution in [2.24, 2.45) is 0 Å². The summed E-state index contributed by atoms with van der Waals surface area (Å²) in [6.07, 6.45) is 62.4. The van der Waals surface area contributed by atoms with E-state index in [2.05, 4.69) is 69.4 Å². The maximum Gasteiger partial charge on any atom is 0.306 e. The summed E-state index contributed by atoms with van der Waals surface area (Å²) in [5, 5.41) is 0. The highest BCUT2D eigenvalue weighted by Gasteiger charge is 2.19.